The summed E-state index contributed by atoms with van der Waals surface area (Å²) in [5, 5.41) is 3.78. The van der Waals surface area contributed by atoms with Gasteiger partial charge in [0.05, 0.1) is 14.2 Å². The molecule has 1 saturated carbocycles. The lowest BCUT2D eigenvalue weighted by Crippen LogP contribution is -2.23. The summed E-state index contributed by atoms with van der Waals surface area (Å²) < 4.78 is 13.0. The van der Waals surface area contributed by atoms with Crippen molar-refractivity contribution >= 4 is 11.5 Å². The number of rotatable bonds is 5. The molecule has 0 radical (unpaired) electrons. The van der Waals surface area contributed by atoms with Crippen LogP contribution in [0.5, 0.6) is 11.5 Å². The van der Waals surface area contributed by atoms with Crippen molar-refractivity contribution in [3.63, 3.8) is 0 Å². The number of hydrogen-bond acceptors (Lipinski definition) is 4. The molecule has 5 nitrogen and oxygen atoms in total. The Bertz CT molecular complexity index is 942. The van der Waals surface area contributed by atoms with Crippen LogP contribution in [0.15, 0.2) is 36.5 Å². The van der Waals surface area contributed by atoms with E-state index >= 15 is 0 Å². The maximum Gasteiger partial charge on any atom is 0.161 e. The van der Waals surface area contributed by atoms with Gasteiger partial charge < -0.3 is 14.8 Å². The molecule has 0 atom stereocenters. The molecule has 0 spiro atoms. The van der Waals surface area contributed by atoms with Gasteiger partial charge in [-0.2, -0.15) is 0 Å². The van der Waals surface area contributed by atoms with Crippen LogP contribution in [0.2, 0.25) is 0 Å². The van der Waals surface area contributed by atoms with Crippen LogP contribution in [0.4, 0.5) is 5.82 Å². The molecular formula is C22H27N3O2. The quantitative estimate of drug-likeness (QED) is 0.686. The Morgan fingerprint density at radius 2 is 1.78 bits per heavy atom. The van der Waals surface area contributed by atoms with E-state index in [4.69, 9.17) is 14.5 Å². The highest BCUT2D eigenvalue weighted by atomic mass is 16.5. The van der Waals surface area contributed by atoms with E-state index in [1.807, 2.05) is 18.2 Å². The molecule has 142 valence electrons. The van der Waals surface area contributed by atoms with Gasteiger partial charge in [0.2, 0.25) is 0 Å². The Labute approximate surface area is 160 Å². The second-order valence-corrected chi connectivity index (χ2v) is 7.29. The van der Waals surface area contributed by atoms with Gasteiger partial charge in [-0.05, 0) is 55.7 Å². The molecule has 27 heavy (non-hydrogen) atoms. The lowest BCUT2D eigenvalue weighted by atomic mass is 9.95. The van der Waals surface area contributed by atoms with Gasteiger partial charge in [-0.25, -0.2) is 4.98 Å². The van der Waals surface area contributed by atoms with Gasteiger partial charge in [0.15, 0.2) is 11.5 Å². The number of ether oxygens (including phenoxy) is 2. The third-order valence-corrected chi connectivity index (χ3v) is 5.38. The topological polar surface area (TPSA) is 47.8 Å². The summed E-state index contributed by atoms with van der Waals surface area (Å²) >= 11 is 0. The summed E-state index contributed by atoms with van der Waals surface area (Å²) in [7, 11) is 3.32. The van der Waals surface area contributed by atoms with Crippen LogP contribution in [-0.2, 0) is 0 Å². The van der Waals surface area contributed by atoms with Gasteiger partial charge in [0.25, 0.3) is 0 Å². The maximum absolute atomic E-state index is 5.50. The molecule has 0 bridgehead atoms. The first-order valence-electron chi connectivity index (χ1n) is 9.67. The molecule has 3 aromatic rings. The molecule has 1 fully saturated rings. The molecule has 0 amide bonds. The number of nitrogens with one attached hydrogen (secondary N) is 1. The van der Waals surface area contributed by atoms with E-state index in [0.717, 1.165) is 28.5 Å². The van der Waals surface area contributed by atoms with E-state index in [-0.39, 0.29) is 0 Å². The molecule has 0 aliphatic heterocycles. The van der Waals surface area contributed by atoms with Crippen LogP contribution in [0.25, 0.3) is 16.9 Å². The molecule has 2 heterocycles. The second-order valence-electron chi connectivity index (χ2n) is 7.29. The van der Waals surface area contributed by atoms with Gasteiger partial charge in [0, 0.05) is 17.8 Å². The monoisotopic (exact) mass is 365 g/mol. The summed E-state index contributed by atoms with van der Waals surface area (Å²) in [4.78, 5) is 4.94. The van der Waals surface area contributed by atoms with Crippen molar-refractivity contribution in [1.82, 2.24) is 9.38 Å². The molecular weight excluding hydrogens is 338 g/mol. The van der Waals surface area contributed by atoms with Gasteiger partial charge in [-0.15, -0.1) is 0 Å². The van der Waals surface area contributed by atoms with Crippen molar-refractivity contribution in [3.05, 3.63) is 42.1 Å². The smallest absolute Gasteiger partial charge is 0.161 e. The molecule has 2 aromatic heterocycles. The normalized spacial score (nSPS) is 15.1. The highest BCUT2D eigenvalue weighted by Gasteiger charge is 2.20. The molecule has 1 aromatic carbocycles. The second kappa shape index (κ2) is 7.51. The number of hydrogen-bond donors (Lipinski definition) is 1. The molecule has 1 aliphatic rings. The summed E-state index contributed by atoms with van der Waals surface area (Å²) in [6.45, 7) is 2.10. The van der Waals surface area contributed by atoms with Crippen LogP contribution in [0, 0.1) is 6.92 Å². The van der Waals surface area contributed by atoms with Crippen LogP contribution in [-0.4, -0.2) is 29.6 Å². The molecule has 1 N–H and O–H groups in total. The number of imidazole rings is 1. The summed E-state index contributed by atoms with van der Waals surface area (Å²) in [6, 6.07) is 10.7. The zero-order valence-corrected chi connectivity index (χ0v) is 16.3. The Morgan fingerprint density at radius 3 is 2.52 bits per heavy atom. The number of aromatic nitrogens is 2. The third-order valence-electron chi connectivity index (χ3n) is 5.38. The van der Waals surface area contributed by atoms with E-state index in [2.05, 4.69) is 35.0 Å². The first-order valence-corrected chi connectivity index (χ1v) is 9.67. The van der Waals surface area contributed by atoms with Crippen LogP contribution in [0.3, 0.4) is 0 Å². The van der Waals surface area contributed by atoms with Crippen molar-refractivity contribution < 1.29 is 9.47 Å². The highest BCUT2D eigenvalue weighted by Crippen LogP contribution is 2.36. The van der Waals surface area contributed by atoms with Crippen LogP contribution < -0.4 is 14.8 Å². The number of pyridine rings is 1. The fraction of sp³-hybridized carbons (Fsp3) is 0.409. The predicted molar refractivity (Wildman–Crippen MR) is 109 cm³/mol. The highest BCUT2D eigenvalue weighted by molar-refractivity contribution is 5.78. The maximum atomic E-state index is 5.50. The van der Waals surface area contributed by atoms with E-state index in [9.17, 15) is 0 Å². The number of benzene rings is 1. The first-order chi connectivity index (χ1) is 13.2. The van der Waals surface area contributed by atoms with Crippen molar-refractivity contribution in [2.24, 2.45) is 0 Å². The number of nitrogens with zero attached hydrogens (tertiary/aromatic N) is 2. The molecule has 1 aliphatic carbocycles. The van der Waals surface area contributed by atoms with Crippen molar-refractivity contribution in [2.75, 3.05) is 19.5 Å². The zero-order valence-electron chi connectivity index (χ0n) is 16.3. The van der Waals surface area contributed by atoms with Crippen molar-refractivity contribution in [1.29, 1.82) is 0 Å². The van der Waals surface area contributed by atoms with Crippen molar-refractivity contribution in [2.45, 2.75) is 45.1 Å². The Kier molecular flexibility index (Phi) is 4.92. The molecule has 0 saturated heterocycles. The van der Waals surface area contributed by atoms with Gasteiger partial charge in [0.1, 0.15) is 17.2 Å². The van der Waals surface area contributed by atoms with Gasteiger partial charge >= 0.3 is 0 Å². The molecule has 4 rings (SSSR count). The average molecular weight is 365 g/mol. The minimum absolute atomic E-state index is 0.499. The summed E-state index contributed by atoms with van der Waals surface area (Å²) in [5.41, 5.74) is 4.13. The Hall–Kier alpha value is -2.69. The largest absolute Gasteiger partial charge is 0.493 e. The lowest BCUT2D eigenvalue weighted by Gasteiger charge is -2.24. The summed E-state index contributed by atoms with van der Waals surface area (Å²) in [6.07, 6.45) is 8.45. The van der Waals surface area contributed by atoms with Crippen LogP contribution in [0.1, 0.15) is 37.7 Å². The van der Waals surface area contributed by atoms with Gasteiger partial charge in [-0.1, -0.05) is 19.3 Å². The minimum atomic E-state index is 0.499. The SMILES string of the molecule is COc1ccc(-c2nc3cc(C)ccn3c2NC2CCCCC2)cc1OC. The number of methoxy groups -OCH3 is 2. The Balaban J connectivity index is 1.82. The fourth-order valence-electron chi connectivity index (χ4n) is 3.91. The third kappa shape index (κ3) is 3.46. The molecule has 0 unspecified atom stereocenters. The van der Waals surface area contributed by atoms with E-state index in [1.165, 1.54) is 37.7 Å². The fourth-order valence-corrected chi connectivity index (χ4v) is 3.91. The first kappa shape index (κ1) is 17.7. The average Bonchev–Trinajstić information content (AvgIpc) is 3.05. The van der Waals surface area contributed by atoms with Gasteiger partial charge in [-0.3, -0.25) is 4.40 Å². The number of aryl methyl sites for hydroxylation is 1. The number of anilines is 1. The van der Waals surface area contributed by atoms with Crippen LogP contribution >= 0.6 is 0 Å². The van der Waals surface area contributed by atoms with E-state index in [0.29, 0.717) is 11.8 Å². The standard InChI is InChI=1S/C22H27N3O2/c1-15-11-12-25-20(13-15)24-21(22(25)23-17-7-5-4-6-8-17)16-9-10-18(26-2)19(14-16)27-3/h9-14,17,23H,4-8H2,1-3H3. The van der Waals surface area contributed by atoms with E-state index < -0.39 is 0 Å². The van der Waals surface area contributed by atoms with Crippen molar-refractivity contribution in [3.8, 4) is 22.8 Å². The Morgan fingerprint density at radius 1 is 1.00 bits per heavy atom. The van der Waals surface area contributed by atoms with E-state index in [1.54, 1.807) is 14.2 Å². The molecule has 5 heteroatoms. The number of fused-ring (bicyclic) bond motifs is 1. The summed E-state index contributed by atoms with van der Waals surface area (Å²) in [5.74, 6) is 2.50. The zero-order chi connectivity index (χ0) is 18.8. The minimum Gasteiger partial charge on any atom is -0.493 e. The predicted octanol–water partition coefficient (Wildman–Crippen LogP) is 5.07. The lowest BCUT2D eigenvalue weighted by molar-refractivity contribution is 0.355.